The lowest BCUT2D eigenvalue weighted by atomic mass is 10.1. The minimum atomic E-state index is 0.146. The van der Waals surface area contributed by atoms with Crippen molar-refractivity contribution < 1.29 is 9.47 Å². The summed E-state index contributed by atoms with van der Waals surface area (Å²) in [6.45, 7) is 6.14. The van der Waals surface area contributed by atoms with Gasteiger partial charge in [0.05, 0.1) is 0 Å². The fourth-order valence-corrected chi connectivity index (χ4v) is 2.12. The molecule has 0 amide bonds. The smallest absolute Gasteiger partial charge is 0.163 e. The van der Waals surface area contributed by atoms with Crippen LogP contribution in [0.2, 0.25) is 0 Å². The van der Waals surface area contributed by atoms with E-state index in [0.29, 0.717) is 13.2 Å². The van der Waals surface area contributed by atoms with Crippen molar-refractivity contribution in [1.82, 2.24) is 0 Å². The van der Waals surface area contributed by atoms with Gasteiger partial charge in [0, 0.05) is 31.4 Å². The second kappa shape index (κ2) is 4.84. The zero-order valence-corrected chi connectivity index (χ0v) is 10.7. The summed E-state index contributed by atoms with van der Waals surface area (Å²) in [6, 6.07) is 4.21. The van der Waals surface area contributed by atoms with Gasteiger partial charge in [0.2, 0.25) is 0 Å². The molecule has 1 aromatic carbocycles. The fraction of sp³-hybridized carbons (Fsp3) is 0.538. The normalized spacial score (nSPS) is 15.5. The lowest BCUT2D eigenvalue weighted by Crippen LogP contribution is -2.33. The minimum Gasteiger partial charge on any atom is -0.486 e. The Kier molecular flexibility index (Phi) is 3.43. The Labute approximate surface area is 102 Å². The van der Waals surface area contributed by atoms with Crippen LogP contribution in [0.3, 0.4) is 0 Å². The van der Waals surface area contributed by atoms with E-state index in [1.165, 1.54) is 5.56 Å². The molecule has 1 aromatic rings. The van der Waals surface area contributed by atoms with E-state index in [9.17, 15) is 0 Å². The zero-order chi connectivity index (χ0) is 12.4. The summed E-state index contributed by atoms with van der Waals surface area (Å²) < 4.78 is 11.1. The van der Waals surface area contributed by atoms with Crippen molar-refractivity contribution in [2.45, 2.75) is 19.9 Å². The van der Waals surface area contributed by atoms with E-state index < -0.39 is 0 Å². The molecule has 17 heavy (non-hydrogen) atoms. The Morgan fingerprint density at radius 3 is 2.47 bits per heavy atom. The highest BCUT2D eigenvalue weighted by Gasteiger charge is 2.16. The number of hydrogen-bond donors (Lipinski definition) is 1. The van der Waals surface area contributed by atoms with Gasteiger partial charge in [0.25, 0.3) is 0 Å². The topological polar surface area (TPSA) is 47.7 Å². The molecule has 1 atom stereocenters. The molecule has 1 aliphatic rings. The number of ether oxygens (including phenoxy) is 2. The molecule has 4 nitrogen and oxygen atoms in total. The summed E-state index contributed by atoms with van der Waals surface area (Å²) in [7, 11) is 2.04. The van der Waals surface area contributed by atoms with Gasteiger partial charge < -0.3 is 20.1 Å². The molecular weight excluding hydrogens is 216 g/mol. The number of nitrogens with zero attached hydrogens (tertiary/aromatic N) is 1. The van der Waals surface area contributed by atoms with Gasteiger partial charge in [-0.05, 0) is 25.5 Å². The first kappa shape index (κ1) is 12.0. The third-order valence-electron chi connectivity index (χ3n) is 2.83. The Bertz CT molecular complexity index is 405. The Morgan fingerprint density at radius 2 is 1.88 bits per heavy atom. The van der Waals surface area contributed by atoms with Crippen LogP contribution in [0, 0.1) is 6.92 Å². The first-order valence-corrected chi connectivity index (χ1v) is 5.95. The summed E-state index contributed by atoms with van der Waals surface area (Å²) in [5.41, 5.74) is 8.14. The van der Waals surface area contributed by atoms with E-state index in [-0.39, 0.29) is 6.04 Å². The molecule has 2 N–H and O–H groups in total. The van der Waals surface area contributed by atoms with Crippen molar-refractivity contribution in [3.63, 3.8) is 0 Å². The molecule has 1 unspecified atom stereocenters. The van der Waals surface area contributed by atoms with Gasteiger partial charge in [0.1, 0.15) is 13.2 Å². The van der Waals surface area contributed by atoms with Crippen LogP contribution in [0.15, 0.2) is 12.1 Å². The number of fused-ring (bicyclic) bond motifs is 1. The molecule has 94 valence electrons. The van der Waals surface area contributed by atoms with Crippen LogP contribution < -0.4 is 20.1 Å². The SMILES string of the molecule is Cc1cc2c(cc1N(C)CC(C)N)OCCO2. The molecule has 0 bridgehead atoms. The first-order chi connectivity index (χ1) is 8.08. The van der Waals surface area contributed by atoms with Gasteiger partial charge in [-0.1, -0.05) is 0 Å². The molecule has 1 heterocycles. The van der Waals surface area contributed by atoms with Crippen LogP contribution in [0.1, 0.15) is 12.5 Å². The number of likely N-dealkylation sites (N-methyl/N-ethyl adjacent to an activating group) is 1. The molecule has 0 spiro atoms. The third-order valence-corrected chi connectivity index (χ3v) is 2.83. The number of rotatable bonds is 3. The molecule has 0 saturated heterocycles. The van der Waals surface area contributed by atoms with E-state index in [4.69, 9.17) is 15.2 Å². The second-order valence-electron chi connectivity index (χ2n) is 4.64. The van der Waals surface area contributed by atoms with Gasteiger partial charge in [0.15, 0.2) is 11.5 Å². The predicted octanol–water partition coefficient (Wildman–Crippen LogP) is 1.55. The number of anilines is 1. The summed E-state index contributed by atoms with van der Waals surface area (Å²) in [5.74, 6) is 1.67. The molecule has 0 aliphatic carbocycles. The highest BCUT2D eigenvalue weighted by Crippen LogP contribution is 2.36. The standard InChI is InChI=1S/C13H20N2O2/c1-9-6-12-13(17-5-4-16-12)7-11(9)15(3)8-10(2)14/h6-7,10H,4-5,8,14H2,1-3H3. The van der Waals surface area contributed by atoms with Crippen molar-refractivity contribution in [1.29, 1.82) is 0 Å². The molecule has 4 heteroatoms. The largest absolute Gasteiger partial charge is 0.486 e. The maximum atomic E-state index is 5.82. The highest BCUT2D eigenvalue weighted by atomic mass is 16.6. The van der Waals surface area contributed by atoms with Crippen LogP contribution in [0.5, 0.6) is 11.5 Å². The molecular formula is C13H20N2O2. The summed E-state index contributed by atoms with van der Waals surface area (Å²) in [4.78, 5) is 2.15. The molecule has 0 radical (unpaired) electrons. The quantitative estimate of drug-likeness (QED) is 0.865. The number of hydrogen-bond acceptors (Lipinski definition) is 4. The number of aryl methyl sites for hydroxylation is 1. The Balaban J connectivity index is 2.28. The van der Waals surface area contributed by atoms with Crippen LogP contribution in [0.4, 0.5) is 5.69 Å². The number of nitrogens with two attached hydrogens (primary N) is 1. The van der Waals surface area contributed by atoms with Gasteiger partial charge >= 0.3 is 0 Å². The minimum absolute atomic E-state index is 0.146. The van der Waals surface area contributed by atoms with Crippen molar-refractivity contribution in [2.75, 3.05) is 31.7 Å². The van der Waals surface area contributed by atoms with Crippen molar-refractivity contribution in [3.8, 4) is 11.5 Å². The Hall–Kier alpha value is -1.42. The number of benzene rings is 1. The van der Waals surface area contributed by atoms with Crippen LogP contribution in [-0.4, -0.2) is 32.8 Å². The van der Waals surface area contributed by atoms with Gasteiger partial charge in [-0.3, -0.25) is 0 Å². The maximum absolute atomic E-state index is 5.82. The molecule has 0 aromatic heterocycles. The van der Waals surface area contributed by atoms with Crippen molar-refractivity contribution in [3.05, 3.63) is 17.7 Å². The fourth-order valence-electron chi connectivity index (χ4n) is 2.12. The van der Waals surface area contributed by atoms with Crippen molar-refractivity contribution in [2.24, 2.45) is 5.73 Å². The van der Waals surface area contributed by atoms with E-state index >= 15 is 0 Å². The average molecular weight is 236 g/mol. The van der Waals surface area contributed by atoms with E-state index in [1.54, 1.807) is 0 Å². The summed E-state index contributed by atoms with van der Waals surface area (Å²) >= 11 is 0. The molecule has 0 fully saturated rings. The van der Waals surface area contributed by atoms with Gasteiger partial charge in [-0.15, -0.1) is 0 Å². The van der Waals surface area contributed by atoms with Crippen LogP contribution in [-0.2, 0) is 0 Å². The van der Waals surface area contributed by atoms with Crippen LogP contribution >= 0.6 is 0 Å². The third kappa shape index (κ3) is 2.64. The van der Waals surface area contributed by atoms with E-state index in [0.717, 1.165) is 23.7 Å². The predicted molar refractivity (Wildman–Crippen MR) is 69.1 cm³/mol. The van der Waals surface area contributed by atoms with Gasteiger partial charge in [-0.2, -0.15) is 0 Å². The monoisotopic (exact) mass is 236 g/mol. The van der Waals surface area contributed by atoms with Crippen molar-refractivity contribution >= 4 is 5.69 Å². The Morgan fingerprint density at radius 1 is 1.29 bits per heavy atom. The first-order valence-electron chi connectivity index (χ1n) is 5.95. The van der Waals surface area contributed by atoms with E-state index in [2.05, 4.69) is 11.8 Å². The van der Waals surface area contributed by atoms with Crippen LogP contribution in [0.25, 0.3) is 0 Å². The second-order valence-corrected chi connectivity index (χ2v) is 4.64. The van der Waals surface area contributed by atoms with E-state index in [1.807, 2.05) is 26.1 Å². The maximum Gasteiger partial charge on any atom is 0.163 e. The summed E-state index contributed by atoms with van der Waals surface area (Å²) in [6.07, 6.45) is 0. The molecule has 0 saturated carbocycles. The zero-order valence-electron chi connectivity index (χ0n) is 10.7. The molecule has 2 rings (SSSR count). The average Bonchev–Trinajstić information content (AvgIpc) is 2.27. The molecule has 1 aliphatic heterocycles. The van der Waals surface area contributed by atoms with Gasteiger partial charge in [-0.25, -0.2) is 0 Å². The lowest BCUT2D eigenvalue weighted by Gasteiger charge is -2.26. The summed E-state index contributed by atoms with van der Waals surface area (Å²) in [5, 5.41) is 0. The lowest BCUT2D eigenvalue weighted by molar-refractivity contribution is 0.171. The highest BCUT2D eigenvalue weighted by molar-refractivity contribution is 5.61.